The van der Waals surface area contributed by atoms with Crippen LogP contribution in [0.3, 0.4) is 0 Å². The van der Waals surface area contributed by atoms with E-state index in [1.54, 1.807) is 4.90 Å². The highest BCUT2D eigenvalue weighted by Crippen LogP contribution is 2.55. The van der Waals surface area contributed by atoms with E-state index in [9.17, 15) is 4.79 Å². The average molecular weight is 391 g/mol. The van der Waals surface area contributed by atoms with Crippen molar-refractivity contribution in [1.82, 2.24) is 4.90 Å². The highest BCUT2D eigenvalue weighted by molar-refractivity contribution is 9.10. The van der Waals surface area contributed by atoms with Gasteiger partial charge in [-0.15, -0.1) is 0 Å². The van der Waals surface area contributed by atoms with E-state index in [0.29, 0.717) is 13.1 Å². The van der Waals surface area contributed by atoms with Crippen molar-refractivity contribution >= 4 is 56.8 Å². The quantitative estimate of drug-likeness (QED) is 0.509. The third-order valence-electron chi connectivity index (χ3n) is 3.71. The highest BCUT2D eigenvalue weighted by Gasteiger charge is 2.65. The van der Waals surface area contributed by atoms with E-state index in [-0.39, 0.29) is 17.0 Å². The van der Waals surface area contributed by atoms with Crippen molar-refractivity contribution in [2.45, 2.75) is 26.2 Å². The summed E-state index contributed by atoms with van der Waals surface area (Å²) in [5.74, 6) is 0. The maximum absolute atomic E-state index is 12.0. The summed E-state index contributed by atoms with van der Waals surface area (Å²) in [6.45, 7) is 0.699. The molecule has 3 rings (SSSR count). The largest absolute Gasteiger partial charge is 0.445 e. The van der Waals surface area contributed by atoms with Crippen molar-refractivity contribution in [3.8, 4) is 0 Å². The van der Waals surface area contributed by atoms with Gasteiger partial charge in [-0.25, -0.2) is 4.79 Å². The zero-order valence-corrected chi connectivity index (χ0v) is 13.6. The van der Waals surface area contributed by atoms with Gasteiger partial charge in [0.05, 0.1) is 17.0 Å². The van der Waals surface area contributed by atoms with Crippen molar-refractivity contribution in [2.75, 3.05) is 19.7 Å². The molecule has 3 unspecified atom stereocenters. The molecular formula is C11H11BrCl3NO3. The van der Waals surface area contributed by atoms with Gasteiger partial charge in [0.2, 0.25) is 3.79 Å². The predicted octanol–water partition coefficient (Wildman–Crippen LogP) is 3.04. The van der Waals surface area contributed by atoms with Gasteiger partial charge in [-0.1, -0.05) is 62.9 Å². The summed E-state index contributed by atoms with van der Waals surface area (Å²) in [4.78, 5) is 13.5. The number of alkyl halides is 4. The van der Waals surface area contributed by atoms with Crippen molar-refractivity contribution < 1.29 is 14.3 Å². The summed E-state index contributed by atoms with van der Waals surface area (Å²) in [7, 11) is 0. The highest BCUT2D eigenvalue weighted by atomic mass is 79.9. The lowest BCUT2D eigenvalue weighted by molar-refractivity contribution is 0.0258. The van der Waals surface area contributed by atoms with Crippen LogP contribution in [0.5, 0.6) is 0 Å². The number of carbonyl (C=O) groups excluding carboxylic acids is 1. The molecule has 0 aromatic rings. The number of nitrogens with zero attached hydrogens (tertiary/aromatic N) is 1. The number of amides is 1. The van der Waals surface area contributed by atoms with Crippen LogP contribution in [0, 0.1) is 0 Å². The number of halogens is 4. The lowest BCUT2D eigenvalue weighted by atomic mass is 9.86. The lowest BCUT2D eigenvalue weighted by Crippen LogP contribution is -2.43. The second-order valence-electron chi connectivity index (χ2n) is 5.10. The second-order valence-corrected chi connectivity index (χ2v) is 9.13. The van der Waals surface area contributed by atoms with E-state index in [2.05, 4.69) is 15.9 Å². The molecule has 106 valence electrons. The van der Waals surface area contributed by atoms with Crippen LogP contribution in [0.1, 0.15) is 6.42 Å². The summed E-state index contributed by atoms with van der Waals surface area (Å²) >= 11 is 20.4. The molecule has 19 heavy (non-hydrogen) atoms. The molecule has 2 bridgehead atoms. The minimum atomic E-state index is -1.59. The van der Waals surface area contributed by atoms with Crippen LogP contribution < -0.4 is 0 Å². The number of likely N-dealkylation sites (tertiary alicyclic amines) is 1. The number of fused-ring (bicyclic) bond motifs is 1. The van der Waals surface area contributed by atoms with Gasteiger partial charge < -0.3 is 14.4 Å². The molecule has 0 radical (unpaired) electrons. The molecule has 3 heterocycles. The van der Waals surface area contributed by atoms with E-state index in [1.165, 1.54) is 0 Å². The Labute approximate surface area is 134 Å². The zero-order valence-electron chi connectivity index (χ0n) is 9.74. The summed E-state index contributed by atoms with van der Waals surface area (Å²) in [6.07, 6.45) is 4.55. The molecule has 2 saturated heterocycles. The summed E-state index contributed by atoms with van der Waals surface area (Å²) in [6, 6.07) is 0. The first kappa shape index (κ1) is 14.3. The molecule has 3 aliphatic heterocycles. The number of carbonyl (C=O) groups is 1. The van der Waals surface area contributed by atoms with Crippen LogP contribution in [-0.2, 0) is 9.47 Å². The van der Waals surface area contributed by atoms with Crippen LogP contribution in [0.4, 0.5) is 4.79 Å². The molecule has 3 atom stereocenters. The van der Waals surface area contributed by atoms with Gasteiger partial charge in [0.25, 0.3) is 0 Å². The topological polar surface area (TPSA) is 38.8 Å². The number of ether oxygens (including phenoxy) is 2. The third kappa shape index (κ3) is 2.38. The molecule has 3 aliphatic rings. The van der Waals surface area contributed by atoms with Crippen molar-refractivity contribution in [2.24, 2.45) is 0 Å². The molecule has 1 spiro atoms. The van der Waals surface area contributed by atoms with Crippen LogP contribution in [0.2, 0.25) is 0 Å². The molecule has 2 fully saturated rings. The van der Waals surface area contributed by atoms with Gasteiger partial charge in [0.1, 0.15) is 12.2 Å². The SMILES string of the molecule is O=C(OCC(Cl)(Cl)Cl)N1CC2(Br)CC3C=CC2(C1)O3. The second kappa shape index (κ2) is 4.41. The van der Waals surface area contributed by atoms with E-state index in [4.69, 9.17) is 44.3 Å². The smallest absolute Gasteiger partial charge is 0.410 e. The van der Waals surface area contributed by atoms with Crippen LogP contribution in [-0.4, -0.2) is 50.5 Å². The normalized spacial score (nSPS) is 39.8. The molecule has 0 aromatic heterocycles. The monoisotopic (exact) mass is 389 g/mol. The number of hydrogen-bond donors (Lipinski definition) is 0. The van der Waals surface area contributed by atoms with E-state index in [0.717, 1.165) is 6.42 Å². The Bertz CT molecular complexity index is 455. The van der Waals surface area contributed by atoms with E-state index >= 15 is 0 Å². The van der Waals surface area contributed by atoms with Gasteiger partial charge in [-0.05, 0) is 6.42 Å². The van der Waals surface area contributed by atoms with Crippen LogP contribution in [0.25, 0.3) is 0 Å². The Kier molecular flexibility index (Phi) is 3.31. The molecule has 1 amide bonds. The Morgan fingerprint density at radius 3 is 2.84 bits per heavy atom. The van der Waals surface area contributed by atoms with Gasteiger partial charge in [0.15, 0.2) is 0 Å². The predicted molar refractivity (Wildman–Crippen MR) is 76.2 cm³/mol. The molecule has 0 N–H and O–H groups in total. The molecule has 8 heteroatoms. The Hall–Kier alpha value is 0.320. The molecule has 0 aromatic carbocycles. The number of hydrogen-bond acceptors (Lipinski definition) is 3. The maximum atomic E-state index is 12.0. The van der Waals surface area contributed by atoms with Crippen molar-refractivity contribution in [3.05, 3.63) is 12.2 Å². The summed E-state index contributed by atoms with van der Waals surface area (Å²) < 4.78 is 9.09. The first-order valence-corrected chi connectivity index (χ1v) is 7.70. The third-order valence-corrected chi connectivity index (χ3v) is 5.28. The Morgan fingerprint density at radius 1 is 1.53 bits per heavy atom. The summed E-state index contributed by atoms with van der Waals surface area (Å²) in [5.41, 5.74) is -0.448. The molecule has 4 nitrogen and oxygen atoms in total. The number of rotatable bonds is 1. The summed E-state index contributed by atoms with van der Waals surface area (Å²) in [5, 5.41) is 0. The molecular weight excluding hydrogens is 380 g/mol. The molecule has 0 saturated carbocycles. The van der Waals surface area contributed by atoms with Crippen LogP contribution in [0.15, 0.2) is 12.2 Å². The van der Waals surface area contributed by atoms with Gasteiger partial charge in [-0.2, -0.15) is 0 Å². The van der Waals surface area contributed by atoms with Crippen molar-refractivity contribution in [1.29, 1.82) is 0 Å². The Balaban J connectivity index is 1.67. The minimum Gasteiger partial charge on any atom is -0.445 e. The average Bonchev–Trinajstić information content (AvgIpc) is 2.86. The van der Waals surface area contributed by atoms with Crippen LogP contribution >= 0.6 is 50.7 Å². The van der Waals surface area contributed by atoms with Gasteiger partial charge in [-0.3, -0.25) is 0 Å². The fourth-order valence-electron chi connectivity index (χ4n) is 2.90. The standard InChI is InChI=1S/C11H11BrCl3NO3/c12-9-3-7-1-2-10(9,19-7)5-16(4-9)8(17)18-6-11(13,14)15/h1-2,7H,3-6H2. The fraction of sp³-hybridized carbons (Fsp3) is 0.727. The van der Waals surface area contributed by atoms with Crippen molar-refractivity contribution in [3.63, 3.8) is 0 Å². The first-order valence-electron chi connectivity index (χ1n) is 5.78. The van der Waals surface area contributed by atoms with E-state index < -0.39 is 15.5 Å². The lowest BCUT2D eigenvalue weighted by Gasteiger charge is -2.28. The van der Waals surface area contributed by atoms with Gasteiger partial charge in [0, 0.05) is 6.54 Å². The first-order chi connectivity index (χ1) is 8.73. The van der Waals surface area contributed by atoms with Gasteiger partial charge >= 0.3 is 6.09 Å². The maximum Gasteiger partial charge on any atom is 0.410 e. The Morgan fingerprint density at radius 2 is 2.26 bits per heavy atom. The van der Waals surface area contributed by atoms with E-state index in [1.807, 2.05) is 12.2 Å². The fourth-order valence-corrected chi connectivity index (χ4v) is 4.04. The molecule has 0 aliphatic carbocycles. The zero-order chi connectivity index (χ0) is 13.9. The minimum absolute atomic E-state index is 0.138.